The zero-order chi connectivity index (χ0) is 19.0. The Morgan fingerprint density at radius 3 is 2.79 bits per heavy atom. The first-order valence-electron chi connectivity index (χ1n) is 8.88. The zero-order valence-corrected chi connectivity index (χ0v) is 17.0. The van der Waals surface area contributed by atoms with Gasteiger partial charge in [0.2, 0.25) is 0 Å². The molecule has 1 fully saturated rings. The molecule has 3 heterocycles. The van der Waals surface area contributed by atoms with E-state index in [1.165, 1.54) is 0 Å². The fraction of sp³-hybridized carbons (Fsp3) is 0.300. The third kappa shape index (κ3) is 3.81. The summed E-state index contributed by atoms with van der Waals surface area (Å²) >= 11 is 6.14. The van der Waals surface area contributed by atoms with Crippen LogP contribution in [0.5, 0.6) is 0 Å². The maximum absolute atomic E-state index is 13.0. The van der Waals surface area contributed by atoms with E-state index in [0.29, 0.717) is 41.8 Å². The number of amides is 1. The predicted octanol–water partition coefficient (Wildman–Crippen LogP) is 4.02. The van der Waals surface area contributed by atoms with Crippen LogP contribution < -0.4 is 5.73 Å². The van der Waals surface area contributed by atoms with Crippen molar-refractivity contribution in [1.29, 1.82) is 0 Å². The lowest BCUT2D eigenvalue weighted by Gasteiger charge is -2.22. The molecule has 148 valence electrons. The highest BCUT2D eigenvalue weighted by atomic mass is 35.5. The molecule has 8 heteroatoms. The molecule has 2 aromatic heterocycles. The quantitative estimate of drug-likeness (QED) is 0.691. The Morgan fingerprint density at radius 1 is 1.32 bits per heavy atom. The minimum atomic E-state index is -0.0965. The van der Waals surface area contributed by atoms with Crippen LogP contribution in [0.25, 0.3) is 17.1 Å². The monoisotopic (exact) mass is 420 g/mol. The third-order valence-corrected chi connectivity index (χ3v) is 5.33. The highest BCUT2D eigenvalue weighted by Gasteiger charge is 2.36. The number of nitrogens with zero attached hydrogens (tertiary/aromatic N) is 3. The first-order chi connectivity index (χ1) is 13.0. The number of halogens is 2. The van der Waals surface area contributed by atoms with Crippen LogP contribution in [0.15, 0.2) is 53.1 Å². The molecular formula is C20H22Cl2N4O2. The van der Waals surface area contributed by atoms with Crippen molar-refractivity contribution in [2.45, 2.75) is 13.3 Å². The van der Waals surface area contributed by atoms with Crippen LogP contribution in [0.4, 0.5) is 0 Å². The third-order valence-electron chi connectivity index (χ3n) is 5.09. The van der Waals surface area contributed by atoms with Gasteiger partial charge in [-0.15, -0.1) is 12.4 Å². The molecule has 1 aliphatic rings. The van der Waals surface area contributed by atoms with Gasteiger partial charge in [-0.05, 0) is 48.7 Å². The molecule has 1 atom stereocenters. The van der Waals surface area contributed by atoms with Crippen molar-refractivity contribution in [2.24, 2.45) is 11.1 Å². The van der Waals surface area contributed by atoms with Gasteiger partial charge in [-0.3, -0.25) is 4.79 Å². The maximum atomic E-state index is 13.0. The van der Waals surface area contributed by atoms with E-state index in [1.54, 1.807) is 35.2 Å². The van der Waals surface area contributed by atoms with Crippen LogP contribution in [-0.4, -0.2) is 40.2 Å². The Bertz CT molecular complexity index is 971. The molecule has 0 saturated carbocycles. The van der Waals surface area contributed by atoms with E-state index < -0.39 is 0 Å². The van der Waals surface area contributed by atoms with Gasteiger partial charge in [0.25, 0.3) is 5.91 Å². The number of furan rings is 1. The predicted molar refractivity (Wildman–Crippen MR) is 111 cm³/mol. The van der Waals surface area contributed by atoms with Gasteiger partial charge in [0.15, 0.2) is 11.5 Å². The molecule has 0 radical (unpaired) electrons. The Morgan fingerprint density at radius 2 is 2.14 bits per heavy atom. The number of hydrogen-bond donors (Lipinski definition) is 1. The number of nitrogens with two attached hydrogens (primary N) is 1. The van der Waals surface area contributed by atoms with Crippen LogP contribution in [0.3, 0.4) is 0 Å². The van der Waals surface area contributed by atoms with E-state index in [0.717, 1.165) is 12.1 Å². The maximum Gasteiger partial charge on any atom is 0.274 e. The number of likely N-dealkylation sites (tertiary alicyclic amines) is 1. The average Bonchev–Trinajstić information content (AvgIpc) is 3.40. The second-order valence-corrected chi connectivity index (χ2v) is 7.71. The normalized spacial score (nSPS) is 18.9. The molecule has 3 aromatic rings. The minimum absolute atomic E-state index is 0. The van der Waals surface area contributed by atoms with Crippen LogP contribution >= 0.6 is 24.0 Å². The molecule has 0 aliphatic carbocycles. The number of carbonyl (C=O) groups is 1. The van der Waals surface area contributed by atoms with Gasteiger partial charge in [0.05, 0.1) is 12.0 Å². The summed E-state index contributed by atoms with van der Waals surface area (Å²) < 4.78 is 7.24. The molecule has 1 amide bonds. The van der Waals surface area contributed by atoms with Crippen molar-refractivity contribution in [3.63, 3.8) is 0 Å². The molecule has 1 aliphatic heterocycles. The number of rotatable bonds is 4. The lowest BCUT2D eigenvalue weighted by molar-refractivity contribution is 0.0770. The fourth-order valence-corrected chi connectivity index (χ4v) is 3.60. The van der Waals surface area contributed by atoms with Crippen molar-refractivity contribution in [2.75, 3.05) is 19.6 Å². The van der Waals surface area contributed by atoms with Crippen LogP contribution in [0.1, 0.15) is 23.8 Å². The lowest BCUT2D eigenvalue weighted by Crippen LogP contribution is -2.34. The van der Waals surface area contributed by atoms with Crippen molar-refractivity contribution in [3.05, 3.63) is 59.4 Å². The zero-order valence-electron chi connectivity index (χ0n) is 15.5. The standard InChI is InChI=1S/C20H21ClN4O2.ClH/c1-20(12-22)7-8-24(13-20)19(26)16-11-17(18-6-3-9-27-18)25(23-16)15-5-2-4-14(21)10-15;/h2-6,9-11H,7-8,12-13,22H2,1H3;1H. The van der Waals surface area contributed by atoms with E-state index >= 15 is 0 Å². The summed E-state index contributed by atoms with van der Waals surface area (Å²) in [5.41, 5.74) is 7.68. The Kier molecular flexibility index (Phi) is 5.84. The van der Waals surface area contributed by atoms with E-state index in [9.17, 15) is 4.79 Å². The summed E-state index contributed by atoms with van der Waals surface area (Å²) in [6.07, 6.45) is 2.49. The lowest BCUT2D eigenvalue weighted by atomic mass is 9.90. The Hall–Kier alpha value is -2.28. The van der Waals surface area contributed by atoms with E-state index in [2.05, 4.69) is 12.0 Å². The average molecular weight is 421 g/mol. The molecule has 2 N–H and O–H groups in total. The van der Waals surface area contributed by atoms with Crippen molar-refractivity contribution < 1.29 is 9.21 Å². The van der Waals surface area contributed by atoms with Gasteiger partial charge in [-0.1, -0.05) is 24.6 Å². The van der Waals surface area contributed by atoms with E-state index in [1.807, 2.05) is 23.1 Å². The molecule has 28 heavy (non-hydrogen) atoms. The first-order valence-corrected chi connectivity index (χ1v) is 9.26. The second-order valence-electron chi connectivity index (χ2n) is 7.28. The summed E-state index contributed by atoms with van der Waals surface area (Å²) in [5.74, 6) is 0.538. The van der Waals surface area contributed by atoms with Crippen LogP contribution in [0.2, 0.25) is 5.02 Å². The molecule has 1 saturated heterocycles. The first kappa shape index (κ1) is 20.5. The van der Waals surface area contributed by atoms with Gasteiger partial charge in [-0.2, -0.15) is 5.10 Å². The van der Waals surface area contributed by atoms with Gasteiger partial charge in [-0.25, -0.2) is 4.68 Å². The summed E-state index contributed by atoms with van der Waals surface area (Å²) in [4.78, 5) is 14.9. The van der Waals surface area contributed by atoms with Crippen molar-refractivity contribution in [3.8, 4) is 17.1 Å². The van der Waals surface area contributed by atoms with Crippen LogP contribution in [-0.2, 0) is 0 Å². The molecule has 4 rings (SSSR count). The Labute approximate surface area is 174 Å². The van der Waals surface area contributed by atoms with Gasteiger partial charge in [0, 0.05) is 24.2 Å². The smallest absolute Gasteiger partial charge is 0.274 e. The molecular weight excluding hydrogens is 399 g/mol. The molecule has 0 spiro atoms. The summed E-state index contributed by atoms with van der Waals surface area (Å²) in [7, 11) is 0. The Balaban J connectivity index is 0.00000225. The van der Waals surface area contributed by atoms with Gasteiger partial charge >= 0.3 is 0 Å². The summed E-state index contributed by atoms with van der Waals surface area (Å²) in [5, 5.41) is 5.17. The molecule has 0 bridgehead atoms. The fourth-order valence-electron chi connectivity index (χ4n) is 3.42. The van der Waals surface area contributed by atoms with Crippen LogP contribution in [0, 0.1) is 5.41 Å². The highest BCUT2D eigenvalue weighted by Crippen LogP contribution is 2.31. The number of benzene rings is 1. The van der Waals surface area contributed by atoms with Gasteiger partial charge < -0.3 is 15.1 Å². The minimum Gasteiger partial charge on any atom is -0.463 e. The summed E-state index contributed by atoms with van der Waals surface area (Å²) in [6.45, 7) is 4.00. The number of hydrogen-bond acceptors (Lipinski definition) is 4. The van der Waals surface area contributed by atoms with E-state index in [4.69, 9.17) is 21.8 Å². The van der Waals surface area contributed by atoms with E-state index in [-0.39, 0.29) is 23.7 Å². The SMILES string of the molecule is CC1(CN)CCN(C(=O)c2cc(-c3ccco3)n(-c3cccc(Cl)c3)n2)C1.Cl. The summed E-state index contributed by atoms with van der Waals surface area (Å²) in [6, 6.07) is 12.7. The highest BCUT2D eigenvalue weighted by molar-refractivity contribution is 6.30. The van der Waals surface area contributed by atoms with Crippen molar-refractivity contribution in [1.82, 2.24) is 14.7 Å². The molecule has 1 unspecified atom stereocenters. The van der Waals surface area contributed by atoms with Gasteiger partial charge in [0.1, 0.15) is 5.69 Å². The second kappa shape index (κ2) is 7.99. The molecule has 6 nitrogen and oxygen atoms in total. The number of aromatic nitrogens is 2. The topological polar surface area (TPSA) is 77.3 Å². The molecule has 1 aromatic carbocycles. The largest absolute Gasteiger partial charge is 0.463 e. The number of carbonyl (C=O) groups excluding carboxylic acids is 1. The van der Waals surface area contributed by atoms with Crippen molar-refractivity contribution >= 4 is 29.9 Å².